The summed E-state index contributed by atoms with van der Waals surface area (Å²) in [6.07, 6.45) is -1.12. The van der Waals surface area contributed by atoms with Gasteiger partial charge in [-0.05, 0) is 36.4 Å². The van der Waals surface area contributed by atoms with E-state index in [1.54, 1.807) is 41.3 Å². The Balaban J connectivity index is 1.67. The van der Waals surface area contributed by atoms with Gasteiger partial charge in [0.15, 0.2) is 44.4 Å². The van der Waals surface area contributed by atoms with Gasteiger partial charge in [0.05, 0.1) is 65.2 Å². The predicted octanol–water partition coefficient (Wildman–Crippen LogP) is 0.836. The number of carbonyl (C=O) groups excluding carboxylic acids is 2. The van der Waals surface area contributed by atoms with Crippen LogP contribution >= 0.6 is 0 Å². The van der Waals surface area contributed by atoms with Crippen LogP contribution in [0.3, 0.4) is 0 Å². The number of methoxy groups -OCH3 is 4. The summed E-state index contributed by atoms with van der Waals surface area (Å²) < 4.78 is 45.2. The lowest BCUT2D eigenvalue weighted by molar-refractivity contribution is 0.0696. The SMILES string of the molecule is COc1ccc(C(=O)CNCCN(CC(=O)c2ccc(OC)c(OC)c2)[C@@H]2CS(=O)(=O)C[C@@H]2O)cc1OC. The zero-order chi connectivity index (χ0) is 27.9. The van der Waals surface area contributed by atoms with Crippen molar-refractivity contribution in [1.82, 2.24) is 10.2 Å². The highest BCUT2D eigenvalue weighted by molar-refractivity contribution is 7.91. The molecule has 0 radical (unpaired) electrons. The van der Waals surface area contributed by atoms with Crippen molar-refractivity contribution in [2.75, 3.05) is 66.1 Å². The first-order valence-electron chi connectivity index (χ1n) is 12.0. The van der Waals surface area contributed by atoms with Crippen LogP contribution < -0.4 is 24.3 Å². The van der Waals surface area contributed by atoms with Gasteiger partial charge in [-0.2, -0.15) is 0 Å². The number of ketones is 2. The third-order valence-electron chi connectivity index (χ3n) is 6.38. The maximum absolute atomic E-state index is 13.1. The number of benzene rings is 2. The molecule has 0 spiro atoms. The lowest BCUT2D eigenvalue weighted by atomic mass is 10.1. The van der Waals surface area contributed by atoms with Gasteiger partial charge in [-0.3, -0.25) is 14.5 Å². The molecule has 2 atom stereocenters. The minimum Gasteiger partial charge on any atom is -0.493 e. The van der Waals surface area contributed by atoms with E-state index in [2.05, 4.69) is 5.32 Å². The van der Waals surface area contributed by atoms with Crippen LogP contribution in [0.5, 0.6) is 23.0 Å². The lowest BCUT2D eigenvalue weighted by Gasteiger charge is -2.29. The molecule has 2 aromatic rings. The van der Waals surface area contributed by atoms with Crippen LogP contribution in [0.4, 0.5) is 0 Å². The number of nitrogens with zero attached hydrogens (tertiary/aromatic N) is 1. The summed E-state index contributed by atoms with van der Waals surface area (Å²) in [5, 5.41) is 13.5. The molecule has 11 nitrogen and oxygen atoms in total. The van der Waals surface area contributed by atoms with Gasteiger partial charge < -0.3 is 29.4 Å². The van der Waals surface area contributed by atoms with E-state index in [0.717, 1.165) is 0 Å². The molecule has 208 valence electrons. The number of sulfone groups is 1. The first-order chi connectivity index (χ1) is 18.1. The van der Waals surface area contributed by atoms with Crippen LogP contribution in [-0.4, -0.2) is 108 Å². The number of hydrogen-bond donors (Lipinski definition) is 2. The Bertz CT molecular complexity index is 1250. The molecule has 1 aliphatic heterocycles. The number of aliphatic hydroxyl groups is 1. The summed E-state index contributed by atoms with van der Waals surface area (Å²) in [6, 6.07) is 8.91. The molecular formula is C26H34N2O9S. The van der Waals surface area contributed by atoms with Crippen molar-refractivity contribution in [2.24, 2.45) is 0 Å². The number of rotatable bonds is 14. The van der Waals surface area contributed by atoms with Crippen LogP contribution in [-0.2, 0) is 9.84 Å². The van der Waals surface area contributed by atoms with Gasteiger partial charge in [-0.15, -0.1) is 0 Å². The first-order valence-corrected chi connectivity index (χ1v) is 13.8. The van der Waals surface area contributed by atoms with E-state index in [0.29, 0.717) is 34.1 Å². The summed E-state index contributed by atoms with van der Waals surface area (Å²) in [5.74, 6) is 0.755. The van der Waals surface area contributed by atoms with Crippen molar-refractivity contribution in [1.29, 1.82) is 0 Å². The summed E-state index contributed by atoms with van der Waals surface area (Å²) >= 11 is 0. The van der Waals surface area contributed by atoms with Crippen LogP contribution in [0, 0.1) is 0 Å². The van der Waals surface area contributed by atoms with Gasteiger partial charge in [0.25, 0.3) is 0 Å². The number of nitrogens with one attached hydrogen (secondary N) is 1. The zero-order valence-corrected chi connectivity index (χ0v) is 22.7. The third kappa shape index (κ3) is 7.22. The molecule has 38 heavy (non-hydrogen) atoms. The van der Waals surface area contributed by atoms with Crippen molar-refractivity contribution in [3.8, 4) is 23.0 Å². The van der Waals surface area contributed by atoms with Crippen molar-refractivity contribution < 1.29 is 42.1 Å². The second-order valence-electron chi connectivity index (χ2n) is 8.84. The smallest absolute Gasteiger partial charge is 0.176 e. The summed E-state index contributed by atoms with van der Waals surface area (Å²) in [4.78, 5) is 27.4. The highest BCUT2D eigenvalue weighted by Crippen LogP contribution is 2.29. The fourth-order valence-electron chi connectivity index (χ4n) is 4.34. The van der Waals surface area contributed by atoms with Crippen LogP contribution in [0.1, 0.15) is 20.7 Å². The van der Waals surface area contributed by atoms with E-state index in [1.165, 1.54) is 28.4 Å². The van der Waals surface area contributed by atoms with E-state index in [-0.39, 0.29) is 49.3 Å². The van der Waals surface area contributed by atoms with E-state index >= 15 is 0 Å². The van der Waals surface area contributed by atoms with Crippen LogP contribution in [0.25, 0.3) is 0 Å². The largest absolute Gasteiger partial charge is 0.493 e. The number of carbonyl (C=O) groups is 2. The quantitative estimate of drug-likeness (QED) is 0.255. The van der Waals surface area contributed by atoms with Gasteiger partial charge in [0.2, 0.25) is 0 Å². The van der Waals surface area contributed by atoms with Crippen molar-refractivity contribution >= 4 is 21.4 Å². The molecule has 0 aliphatic carbocycles. The topological polar surface area (TPSA) is 141 Å². The minimum atomic E-state index is -3.44. The molecule has 0 saturated carbocycles. The molecular weight excluding hydrogens is 516 g/mol. The Morgan fingerprint density at radius 1 is 0.868 bits per heavy atom. The second-order valence-corrected chi connectivity index (χ2v) is 11.0. The molecule has 2 aromatic carbocycles. The average Bonchev–Trinajstić information content (AvgIpc) is 3.20. The summed E-state index contributed by atoms with van der Waals surface area (Å²) in [7, 11) is 2.51. The molecule has 3 rings (SSSR count). The Morgan fingerprint density at radius 2 is 1.39 bits per heavy atom. The lowest BCUT2D eigenvalue weighted by Crippen LogP contribution is -2.48. The Morgan fingerprint density at radius 3 is 1.87 bits per heavy atom. The van der Waals surface area contributed by atoms with E-state index < -0.39 is 22.0 Å². The fraction of sp³-hybridized carbons (Fsp3) is 0.462. The Hall–Kier alpha value is -3.19. The second kappa shape index (κ2) is 13.1. The highest BCUT2D eigenvalue weighted by atomic mass is 32.2. The molecule has 2 N–H and O–H groups in total. The maximum Gasteiger partial charge on any atom is 0.176 e. The number of aliphatic hydroxyl groups excluding tert-OH is 1. The third-order valence-corrected chi connectivity index (χ3v) is 8.08. The van der Waals surface area contributed by atoms with Crippen LogP contribution in [0.15, 0.2) is 36.4 Å². The van der Waals surface area contributed by atoms with Crippen molar-refractivity contribution in [3.63, 3.8) is 0 Å². The maximum atomic E-state index is 13.1. The van der Waals surface area contributed by atoms with Gasteiger partial charge >= 0.3 is 0 Å². The van der Waals surface area contributed by atoms with E-state index in [4.69, 9.17) is 18.9 Å². The van der Waals surface area contributed by atoms with E-state index in [9.17, 15) is 23.1 Å². The molecule has 1 aliphatic rings. The van der Waals surface area contributed by atoms with Gasteiger partial charge in [0.1, 0.15) is 0 Å². The molecule has 12 heteroatoms. The number of ether oxygens (including phenoxy) is 4. The molecule has 1 fully saturated rings. The van der Waals surface area contributed by atoms with Gasteiger partial charge in [-0.25, -0.2) is 8.42 Å². The zero-order valence-electron chi connectivity index (χ0n) is 21.9. The number of Topliss-reactive ketones (excluding diaryl/α,β-unsaturated/α-hetero) is 2. The average molecular weight is 551 g/mol. The molecule has 1 saturated heterocycles. The van der Waals surface area contributed by atoms with Gasteiger partial charge in [-0.1, -0.05) is 0 Å². The van der Waals surface area contributed by atoms with Crippen LogP contribution in [0.2, 0.25) is 0 Å². The van der Waals surface area contributed by atoms with Gasteiger partial charge in [0, 0.05) is 24.2 Å². The molecule has 1 heterocycles. The standard InChI is InChI=1S/C26H34N2O9S/c1-34-23-7-5-17(11-25(23)36-3)20(29)13-27-9-10-28(19-15-38(32,33)16-22(19)31)14-21(30)18-6-8-24(35-2)26(12-18)37-4/h5-8,11-12,19,22,27,31H,9-10,13-16H2,1-4H3/t19-,22+/m1/s1. The Kier molecular flexibility index (Phi) is 10.1. The van der Waals surface area contributed by atoms with Crippen molar-refractivity contribution in [2.45, 2.75) is 12.1 Å². The Labute approximate surface area is 222 Å². The van der Waals surface area contributed by atoms with E-state index in [1.807, 2.05) is 0 Å². The summed E-state index contributed by atoms with van der Waals surface area (Å²) in [5.41, 5.74) is 0.799. The summed E-state index contributed by atoms with van der Waals surface area (Å²) in [6.45, 7) is 0.396. The first kappa shape index (κ1) is 29.4. The molecule has 0 unspecified atom stereocenters. The monoisotopic (exact) mass is 550 g/mol. The molecule has 0 amide bonds. The highest BCUT2D eigenvalue weighted by Gasteiger charge is 2.40. The molecule has 0 bridgehead atoms. The molecule has 0 aromatic heterocycles. The fourth-order valence-corrected chi connectivity index (χ4v) is 6.18. The normalized spacial score (nSPS) is 18.3. The number of hydrogen-bond acceptors (Lipinski definition) is 11. The van der Waals surface area contributed by atoms with Crippen molar-refractivity contribution in [3.05, 3.63) is 47.5 Å². The predicted molar refractivity (Wildman–Crippen MR) is 141 cm³/mol. The minimum absolute atomic E-state index is 0.0124.